The van der Waals surface area contributed by atoms with E-state index in [1.165, 1.54) is 0 Å². The lowest BCUT2D eigenvalue weighted by atomic mass is 10.1. The largest absolute Gasteiger partial charge is 0.490 e. The highest BCUT2D eigenvalue weighted by atomic mass is 31.3. The molecule has 19 nitrogen and oxygen atoms in total. The molecule has 0 radical (unpaired) electrons. The third-order valence-corrected chi connectivity index (χ3v) is 7.68. The number of nitrogens with two attached hydrogens (primary N) is 1. The fraction of sp³-hybridized carbons (Fsp3) is 0.500. The number of rotatable bonds is 8. The van der Waals surface area contributed by atoms with E-state index in [9.17, 15) is 33.6 Å². The Labute approximate surface area is 175 Å². The molecule has 22 heteroatoms. The summed E-state index contributed by atoms with van der Waals surface area (Å²) in [4.78, 5) is 57.3. The van der Waals surface area contributed by atoms with Crippen LogP contribution in [0.4, 0.5) is 5.95 Å². The Hall–Kier alpha value is -1.56. The summed E-state index contributed by atoms with van der Waals surface area (Å²) >= 11 is 0. The van der Waals surface area contributed by atoms with Gasteiger partial charge >= 0.3 is 23.5 Å². The molecule has 0 aromatic carbocycles. The Kier molecular flexibility index (Phi) is 6.78. The smallest absolute Gasteiger partial charge is 0.387 e. The first kappa shape index (κ1) is 25.1. The van der Waals surface area contributed by atoms with Gasteiger partial charge in [-0.2, -0.15) is 13.6 Å². The molecule has 1 saturated heterocycles. The van der Waals surface area contributed by atoms with Crippen molar-refractivity contribution in [2.24, 2.45) is 0 Å². The molecular weight excluding hydrogens is 507 g/mol. The van der Waals surface area contributed by atoms with E-state index in [1.807, 2.05) is 0 Å². The summed E-state index contributed by atoms with van der Waals surface area (Å²) in [5, 5.41) is 20.4. The SMILES string of the molecule is Nc1nc2c(ncn2[C@H]2O[C@@H](COP(=O)(O)OP(=O)(O)OP(=O)(O)O)[C@@H](O)[C@H]2O)c(=O)[nH]1. The highest BCUT2D eigenvalue weighted by Crippen LogP contribution is 2.66. The molecule has 2 aromatic heterocycles. The maximum Gasteiger partial charge on any atom is 0.490 e. The first-order chi connectivity index (χ1) is 14.6. The second-order valence-electron chi connectivity index (χ2n) is 6.21. The van der Waals surface area contributed by atoms with Gasteiger partial charge in [-0.3, -0.25) is 18.9 Å². The van der Waals surface area contributed by atoms with Gasteiger partial charge in [0, 0.05) is 0 Å². The van der Waals surface area contributed by atoms with Crippen molar-refractivity contribution in [1.29, 1.82) is 0 Å². The molecule has 180 valence electrons. The van der Waals surface area contributed by atoms with Crippen molar-refractivity contribution < 1.29 is 61.4 Å². The third-order valence-electron chi connectivity index (χ3n) is 3.88. The second-order valence-corrected chi connectivity index (χ2v) is 10.6. The van der Waals surface area contributed by atoms with Crippen molar-refractivity contribution in [1.82, 2.24) is 19.5 Å². The van der Waals surface area contributed by atoms with Crippen LogP contribution >= 0.6 is 23.5 Å². The standard InChI is InChI=1S/C10H16N5O14P3/c11-10-13-7-4(8(18)14-10)12-2-15(7)9-6(17)5(16)3(27-9)1-26-31(22,23)29-32(24,25)28-30(19,20)21/h2-3,5-6,9,16-17H,1H2,(H,22,23)(H,24,25)(H2,19,20,21)(H3,11,13,14,18)/t3-,5+,6+,9-/m0/s1. The number of phosphoric ester groups is 1. The Morgan fingerprint density at radius 2 is 1.78 bits per heavy atom. The van der Waals surface area contributed by atoms with Crippen molar-refractivity contribution in [2.45, 2.75) is 24.5 Å². The van der Waals surface area contributed by atoms with Gasteiger partial charge in [-0.1, -0.05) is 0 Å². The number of nitrogen functional groups attached to an aromatic ring is 1. The average Bonchev–Trinajstić information content (AvgIpc) is 3.12. The number of ether oxygens (including phenoxy) is 1. The van der Waals surface area contributed by atoms with Crippen LogP contribution < -0.4 is 11.3 Å². The van der Waals surface area contributed by atoms with Crippen LogP contribution in [0.2, 0.25) is 0 Å². The van der Waals surface area contributed by atoms with Gasteiger partial charge in [0.25, 0.3) is 5.56 Å². The lowest BCUT2D eigenvalue weighted by Gasteiger charge is -2.19. The van der Waals surface area contributed by atoms with Crippen LogP contribution in [-0.2, 0) is 31.6 Å². The van der Waals surface area contributed by atoms with Gasteiger partial charge in [-0.15, -0.1) is 0 Å². The lowest BCUT2D eigenvalue weighted by Crippen LogP contribution is -2.33. The number of nitrogens with one attached hydrogen (secondary N) is 1. The summed E-state index contributed by atoms with van der Waals surface area (Å²) in [5.74, 6) is -0.276. The number of anilines is 1. The fourth-order valence-corrected chi connectivity index (χ4v) is 5.73. The number of imidazole rings is 1. The molecule has 0 spiro atoms. The normalized spacial score (nSPS) is 27.9. The van der Waals surface area contributed by atoms with Crippen molar-refractivity contribution in [3.05, 3.63) is 16.7 Å². The van der Waals surface area contributed by atoms with Crippen LogP contribution in [0.15, 0.2) is 11.1 Å². The summed E-state index contributed by atoms with van der Waals surface area (Å²) in [6.45, 7) is -1.01. The predicted molar refractivity (Wildman–Crippen MR) is 98.3 cm³/mol. The van der Waals surface area contributed by atoms with Crippen LogP contribution in [0.5, 0.6) is 0 Å². The lowest BCUT2D eigenvalue weighted by molar-refractivity contribution is -0.0503. The summed E-state index contributed by atoms with van der Waals surface area (Å²) in [6.07, 6.45) is -5.33. The monoisotopic (exact) mass is 523 g/mol. The van der Waals surface area contributed by atoms with Crippen LogP contribution in [0, 0.1) is 0 Å². The Bertz CT molecular complexity index is 1210. The van der Waals surface area contributed by atoms with Crippen LogP contribution in [0.25, 0.3) is 11.2 Å². The van der Waals surface area contributed by atoms with Gasteiger partial charge in [0.05, 0.1) is 12.9 Å². The molecule has 3 rings (SSSR count). The first-order valence-corrected chi connectivity index (χ1v) is 12.6. The van der Waals surface area contributed by atoms with Gasteiger partial charge in [-0.05, 0) is 0 Å². The van der Waals surface area contributed by atoms with E-state index in [1.54, 1.807) is 0 Å². The molecule has 9 N–H and O–H groups in total. The minimum Gasteiger partial charge on any atom is -0.387 e. The van der Waals surface area contributed by atoms with Crippen LogP contribution in [-0.4, -0.2) is 74.2 Å². The van der Waals surface area contributed by atoms with E-state index in [4.69, 9.17) is 25.2 Å². The van der Waals surface area contributed by atoms with E-state index >= 15 is 0 Å². The number of aromatic amines is 1. The van der Waals surface area contributed by atoms with Gasteiger partial charge < -0.3 is 40.3 Å². The molecule has 2 unspecified atom stereocenters. The topological polar surface area (TPSA) is 299 Å². The molecule has 2 aromatic rings. The Balaban J connectivity index is 1.72. The number of aromatic nitrogens is 4. The predicted octanol–water partition coefficient (Wildman–Crippen LogP) is -2.34. The number of fused-ring (bicyclic) bond motifs is 1. The minimum absolute atomic E-state index is 0.115. The van der Waals surface area contributed by atoms with Crippen molar-refractivity contribution in [2.75, 3.05) is 12.3 Å². The Morgan fingerprint density at radius 3 is 2.41 bits per heavy atom. The first-order valence-electron chi connectivity index (χ1n) is 8.11. The fourth-order valence-electron chi connectivity index (χ4n) is 2.70. The van der Waals surface area contributed by atoms with Crippen LogP contribution in [0.1, 0.15) is 6.23 Å². The summed E-state index contributed by atoms with van der Waals surface area (Å²) in [5.41, 5.74) is 4.50. The van der Waals surface area contributed by atoms with Crippen LogP contribution in [0.3, 0.4) is 0 Å². The number of aliphatic hydroxyl groups is 2. The van der Waals surface area contributed by atoms with Crippen molar-refractivity contribution >= 4 is 40.6 Å². The Morgan fingerprint density at radius 1 is 1.12 bits per heavy atom. The number of nitrogens with zero attached hydrogens (tertiary/aromatic N) is 3. The average molecular weight is 523 g/mol. The molecule has 1 fully saturated rings. The minimum atomic E-state index is -5.73. The second kappa shape index (κ2) is 8.66. The highest BCUT2D eigenvalue weighted by molar-refractivity contribution is 7.66. The van der Waals surface area contributed by atoms with Crippen molar-refractivity contribution in [3.8, 4) is 0 Å². The van der Waals surface area contributed by atoms with E-state index < -0.39 is 60.2 Å². The molecule has 0 aliphatic carbocycles. The van der Waals surface area contributed by atoms with E-state index in [0.717, 1.165) is 10.9 Å². The number of aliphatic hydroxyl groups excluding tert-OH is 2. The molecule has 0 amide bonds. The zero-order chi connectivity index (χ0) is 24.1. The molecule has 3 heterocycles. The summed E-state index contributed by atoms with van der Waals surface area (Å²) in [7, 11) is -16.8. The molecule has 32 heavy (non-hydrogen) atoms. The number of hydrogen-bond acceptors (Lipinski definition) is 13. The van der Waals surface area contributed by atoms with Gasteiger partial charge in [0.1, 0.15) is 18.3 Å². The van der Waals surface area contributed by atoms with E-state index in [-0.39, 0.29) is 17.1 Å². The number of H-pyrrole nitrogens is 1. The summed E-state index contributed by atoms with van der Waals surface area (Å²) < 4.78 is 51.6. The number of hydrogen-bond donors (Lipinski definition) is 8. The van der Waals surface area contributed by atoms with Gasteiger partial charge in [0.2, 0.25) is 5.95 Å². The zero-order valence-corrected chi connectivity index (χ0v) is 18.0. The molecule has 1 aliphatic heterocycles. The molecule has 6 atom stereocenters. The van der Waals surface area contributed by atoms with Gasteiger partial charge in [-0.25, -0.2) is 18.7 Å². The van der Waals surface area contributed by atoms with E-state index in [0.29, 0.717) is 0 Å². The van der Waals surface area contributed by atoms with Crippen molar-refractivity contribution in [3.63, 3.8) is 0 Å². The summed E-state index contributed by atoms with van der Waals surface area (Å²) in [6, 6.07) is 0. The highest BCUT2D eigenvalue weighted by Gasteiger charge is 2.47. The number of phosphoric acid groups is 3. The quantitative estimate of drug-likeness (QED) is 0.168. The third kappa shape index (κ3) is 5.67. The van der Waals surface area contributed by atoms with E-state index in [2.05, 4.69) is 28.1 Å². The zero-order valence-electron chi connectivity index (χ0n) is 15.3. The molecular formula is C10H16N5O14P3. The maximum absolute atomic E-state index is 11.9. The molecule has 1 aliphatic rings. The molecule has 0 bridgehead atoms. The van der Waals surface area contributed by atoms with Gasteiger partial charge in [0.15, 0.2) is 17.4 Å². The maximum atomic E-state index is 11.9. The molecule has 0 saturated carbocycles.